The Labute approximate surface area is 107 Å². The second kappa shape index (κ2) is 5.89. The van der Waals surface area contributed by atoms with Gasteiger partial charge in [-0.05, 0) is 18.3 Å². The monoisotopic (exact) mass is 250 g/mol. The molecule has 0 bridgehead atoms. The summed E-state index contributed by atoms with van der Waals surface area (Å²) in [6, 6.07) is 0. The number of nitrogens with zero attached hydrogens (tertiary/aromatic N) is 1. The normalized spacial score (nSPS) is 23.8. The lowest BCUT2D eigenvalue weighted by Crippen LogP contribution is -2.19. The van der Waals surface area contributed by atoms with Gasteiger partial charge in [0.1, 0.15) is 5.69 Å². The fraction of sp³-hybridized carbons (Fsp3) is 0.692. The highest BCUT2D eigenvalue weighted by Crippen LogP contribution is 2.30. The van der Waals surface area contributed by atoms with Gasteiger partial charge < -0.3 is 16.0 Å². The van der Waals surface area contributed by atoms with Gasteiger partial charge >= 0.3 is 0 Å². The Bertz CT molecular complexity index is 435. The molecule has 1 aromatic heterocycles. The highest BCUT2D eigenvalue weighted by atomic mass is 16.1. The van der Waals surface area contributed by atoms with Crippen molar-refractivity contribution in [2.45, 2.75) is 39.0 Å². The molecular formula is C13H22N4O. The SMILES string of the molecule is CC1CCC(CCNc2nc[nH]c(=O)c2N)CC1. The molecule has 0 unspecified atom stereocenters. The summed E-state index contributed by atoms with van der Waals surface area (Å²) in [7, 11) is 0. The Kier molecular flexibility index (Phi) is 4.23. The first kappa shape index (κ1) is 12.9. The Balaban J connectivity index is 1.78. The molecule has 1 aliphatic rings. The molecule has 1 fully saturated rings. The fourth-order valence-electron chi connectivity index (χ4n) is 2.56. The van der Waals surface area contributed by atoms with Crippen molar-refractivity contribution in [1.82, 2.24) is 9.97 Å². The van der Waals surface area contributed by atoms with E-state index >= 15 is 0 Å². The van der Waals surface area contributed by atoms with Gasteiger partial charge in [-0.1, -0.05) is 32.6 Å². The molecule has 18 heavy (non-hydrogen) atoms. The highest BCUT2D eigenvalue weighted by Gasteiger charge is 2.17. The summed E-state index contributed by atoms with van der Waals surface area (Å²) in [5.41, 5.74) is 5.55. The van der Waals surface area contributed by atoms with Crippen LogP contribution in [0.15, 0.2) is 11.1 Å². The van der Waals surface area contributed by atoms with E-state index in [0.29, 0.717) is 5.82 Å². The largest absolute Gasteiger partial charge is 0.391 e. The van der Waals surface area contributed by atoms with E-state index in [1.807, 2.05) is 0 Å². The summed E-state index contributed by atoms with van der Waals surface area (Å²) >= 11 is 0. The summed E-state index contributed by atoms with van der Waals surface area (Å²) in [5.74, 6) is 2.19. The number of nitrogens with one attached hydrogen (secondary N) is 2. The minimum atomic E-state index is -0.279. The summed E-state index contributed by atoms with van der Waals surface area (Å²) < 4.78 is 0. The van der Waals surface area contributed by atoms with E-state index < -0.39 is 0 Å². The maximum Gasteiger partial charge on any atom is 0.276 e. The minimum Gasteiger partial charge on any atom is -0.391 e. The molecule has 1 aliphatic carbocycles. The molecule has 0 saturated heterocycles. The van der Waals surface area contributed by atoms with Crippen molar-refractivity contribution in [2.75, 3.05) is 17.6 Å². The molecule has 1 saturated carbocycles. The van der Waals surface area contributed by atoms with Crippen molar-refractivity contribution in [3.05, 3.63) is 16.7 Å². The number of aromatic nitrogens is 2. The van der Waals surface area contributed by atoms with Crippen LogP contribution in [0.25, 0.3) is 0 Å². The minimum absolute atomic E-state index is 0.176. The Morgan fingerprint density at radius 1 is 1.44 bits per heavy atom. The summed E-state index contributed by atoms with van der Waals surface area (Å²) in [6.45, 7) is 3.16. The zero-order chi connectivity index (χ0) is 13.0. The zero-order valence-corrected chi connectivity index (χ0v) is 10.9. The third kappa shape index (κ3) is 3.24. The number of rotatable bonds is 4. The maximum absolute atomic E-state index is 11.3. The van der Waals surface area contributed by atoms with Crippen LogP contribution in [-0.2, 0) is 0 Å². The van der Waals surface area contributed by atoms with Crippen molar-refractivity contribution < 1.29 is 0 Å². The molecule has 0 radical (unpaired) electrons. The van der Waals surface area contributed by atoms with E-state index in [-0.39, 0.29) is 11.2 Å². The number of hydrogen-bond donors (Lipinski definition) is 3. The van der Waals surface area contributed by atoms with E-state index in [1.54, 1.807) is 0 Å². The van der Waals surface area contributed by atoms with Gasteiger partial charge in [-0.15, -0.1) is 0 Å². The van der Waals surface area contributed by atoms with Gasteiger partial charge in [-0.3, -0.25) is 4.79 Å². The van der Waals surface area contributed by atoms with Gasteiger partial charge in [0.2, 0.25) is 0 Å². The van der Waals surface area contributed by atoms with Gasteiger partial charge in [-0.2, -0.15) is 0 Å². The Hall–Kier alpha value is -1.52. The van der Waals surface area contributed by atoms with Gasteiger partial charge in [0.25, 0.3) is 5.56 Å². The van der Waals surface area contributed by atoms with Crippen molar-refractivity contribution >= 4 is 11.5 Å². The van der Waals surface area contributed by atoms with Crippen LogP contribution in [0.4, 0.5) is 11.5 Å². The highest BCUT2D eigenvalue weighted by molar-refractivity contribution is 5.58. The van der Waals surface area contributed by atoms with Crippen molar-refractivity contribution in [2.24, 2.45) is 11.8 Å². The topological polar surface area (TPSA) is 83.8 Å². The number of nitrogens with two attached hydrogens (primary N) is 1. The first-order valence-corrected chi connectivity index (χ1v) is 6.74. The van der Waals surface area contributed by atoms with Crippen LogP contribution in [0.1, 0.15) is 39.0 Å². The molecule has 0 aromatic carbocycles. The van der Waals surface area contributed by atoms with Crippen LogP contribution >= 0.6 is 0 Å². The van der Waals surface area contributed by atoms with E-state index in [0.717, 1.165) is 24.8 Å². The third-order valence-electron chi connectivity index (χ3n) is 3.87. The van der Waals surface area contributed by atoms with Crippen LogP contribution < -0.4 is 16.6 Å². The lowest BCUT2D eigenvalue weighted by Gasteiger charge is -2.26. The second-order valence-electron chi connectivity index (χ2n) is 5.34. The average molecular weight is 250 g/mol. The van der Waals surface area contributed by atoms with Crippen LogP contribution in [0, 0.1) is 11.8 Å². The van der Waals surface area contributed by atoms with Gasteiger partial charge in [-0.25, -0.2) is 4.98 Å². The number of anilines is 2. The van der Waals surface area contributed by atoms with E-state index in [2.05, 4.69) is 22.2 Å². The first-order valence-electron chi connectivity index (χ1n) is 6.74. The summed E-state index contributed by atoms with van der Waals surface area (Å²) in [5, 5.41) is 3.16. The lowest BCUT2D eigenvalue weighted by atomic mass is 9.81. The second-order valence-corrected chi connectivity index (χ2v) is 5.34. The molecule has 1 heterocycles. The molecular weight excluding hydrogens is 228 g/mol. The van der Waals surface area contributed by atoms with Crippen LogP contribution in [0.3, 0.4) is 0 Å². The molecule has 0 amide bonds. The first-order chi connectivity index (χ1) is 8.66. The third-order valence-corrected chi connectivity index (χ3v) is 3.87. The standard InChI is InChI=1S/C13H22N4O/c1-9-2-4-10(5-3-9)6-7-15-12-11(14)13(18)17-8-16-12/h8-10H,2-7,14H2,1H3,(H2,15,16,17,18). The molecule has 100 valence electrons. The van der Waals surface area contributed by atoms with Crippen molar-refractivity contribution in [3.63, 3.8) is 0 Å². The number of H-pyrrole nitrogens is 1. The number of hydrogen-bond acceptors (Lipinski definition) is 4. The van der Waals surface area contributed by atoms with Crippen LogP contribution in [0.2, 0.25) is 0 Å². The van der Waals surface area contributed by atoms with Gasteiger partial charge in [0.15, 0.2) is 5.82 Å². The fourth-order valence-corrected chi connectivity index (χ4v) is 2.56. The van der Waals surface area contributed by atoms with Crippen molar-refractivity contribution in [3.8, 4) is 0 Å². The van der Waals surface area contributed by atoms with Gasteiger partial charge in [0, 0.05) is 6.54 Å². The smallest absolute Gasteiger partial charge is 0.276 e. The maximum atomic E-state index is 11.3. The molecule has 1 aromatic rings. The van der Waals surface area contributed by atoms with Crippen molar-refractivity contribution in [1.29, 1.82) is 0 Å². The number of aromatic amines is 1. The van der Waals surface area contributed by atoms with Crippen LogP contribution in [-0.4, -0.2) is 16.5 Å². The quantitative estimate of drug-likeness (QED) is 0.763. The van der Waals surface area contributed by atoms with Gasteiger partial charge in [0.05, 0.1) is 6.33 Å². The molecule has 4 N–H and O–H groups in total. The summed E-state index contributed by atoms with van der Waals surface area (Å²) in [6.07, 6.45) is 7.83. The Morgan fingerprint density at radius 2 is 2.17 bits per heavy atom. The molecule has 2 rings (SSSR count). The molecule has 0 aliphatic heterocycles. The van der Waals surface area contributed by atoms with E-state index in [1.165, 1.54) is 32.0 Å². The zero-order valence-electron chi connectivity index (χ0n) is 10.9. The predicted molar refractivity (Wildman–Crippen MR) is 73.5 cm³/mol. The Morgan fingerprint density at radius 3 is 2.89 bits per heavy atom. The van der Waals surface area contributed by atoms with E-state index in [9.17, 15) is 4.79 Å². The molecule has 0 atom stereocenters. The number of nitrogen functional groups attached to an aromatic ring is 1. The molecule has 0 spiro atoms. The summed E-state index contributed by atoms with van der Waals surface area (Å²) in [4.78, 5) is 17.8. The molecule has 5 nitrogen and oxygen atoms in total. The van der Waals surface area contributed by atoms with E-state index in [4.69, 9.17) is 5.73 Å². The molecule has 5 heteroatoms. The predicted octanol–water partition coefficient (Wildman–Crippen LogP) is 1.98. The lowest BCUT2D eigenvalue weighted by molar-refractivity contribution is 0.282. The average Bonchev–Trinajstić information content (AvgIpc) is 2.37. The van der Waals surface area contributed by atoms with Crippen LogP contribution in [0.5, 0.6) is 0 Å².